The van der Waals surface area contributed by atoms with Crippen LogP contribution in [0.4, 0.5) is 5.13 Å². The van der Waals surface area contributed by atoms with Crippen LogP contribution in [0, 0.1) is 0 Å². The van der Waals surface area contributed by atoms with Gasteiger partial charge in [0.1, 0.15) is 10.1 Å². The van der Waals surface area contributed by atoms with Gasteiger partial charge in [0, 0.05) is 16.5 Å². The Hall–Kier alpha value is -1.60. The van der Waals surface area contributed by atoms with Gasteiger partial charge in [-0.2, -0.15) is 0 Å². The zero-order chi connectivity index (χ0) is 17.1. The quantitative estimate of drug-likeness (QED) is 0.628. The van der Waals surface area contributed by atoms with Crippen molar-refractivity contribution in [1.82, 2.24) is 4.98 Å². The van der Waals surface area contributed by atoms with Gasteiger partial charge < -0.3 is 10.1 Å². The SMILES string of the molecule is COc1ccccc1CC(=O)Nc1nc(-c2cc(Cl)sc2Cl)cs1. The number of benzene rings is 1. The number of methoxy groups -OCH3 is 1. The lowest BCUT2D eigenvalue weighted by Crippen LogP contribution is -2.14. The third kappa shape index (κ3) is 3.89. The van der Waals surface area contributed by atoms with Gasteiger partial charge in [-0.05, 0) is 12.1 Å². The molecule has 0 spiro atoms. The molecule has 0 fully saturated rings. The summed E-state index contributed by atoms with van der Waals surface area (Å²) in [5.41, 5.74) is 2.29. The highest BCUT2D eigenvalue weighted by Gasteiger charge is 2.14. The average molecular weight is 399 g/mol. The normalized spacial score (nSPS) is 10.6. The number of rotatable bonds is 5. The maximum Gasteiger partial charge on any atom is 0.230 e. The Morgan fingerprint density at radius 3 is 2.83 bits per heavy atom. The molecule has 2 aromatic heterocycles. The second-order valence-electron chi connectivity index (χ2n) is 4.81. The number of thiazole rings is 1. The van der Waals surface area contributed by atoms with Gasteiger partial charge >= 0.3 is 0 Å². The highest BCUT2D eigenvalue weighted by atomic mass is 35.5. The minimum Gasteiger partial charge on any atom is -0.496 e. The number of carbonyl (C=O) groups is 1. The maximum atomic E-state index is 12.2. The number of thiophene rings is 1. The van der Waals surface area contributed by atoms with Gasteiger partial charge in [0.25, 0.3) is 0 Å². The van der Waals surface area contributed by atoms with Gasteiger partial charge in [0.05, 0.1) is 23.6 Å². The molecule has 0 aliphatic rings. The molecule has 24 heavy (non-hydrogen) atoms. The summed E-state index contributed by atoms with van der Waals surface area (Å²) in [6.45, 7) is 0. The number of anilines is 1. The summed E-state index contributed by atoms with van der Waals surface area (Å²) in [5, 5.41) is 5.15. The fourth-order valence-corrected chi connectivity index (χ4v) is 4.36. The minimum atomic E-state index is -0.158. The van der Waals surface area contributed by atoms with E-state index in [9.17, 15) is 4.79 Å². The molecular weight excluding hydrogens is 387 g/mol. The third-order valence-electron chi connectivity index (χ3n) is 3.23. The van der Waals surface area contributed by atoms with Crippen LogP contribution in [0.15, 0.2) is 35.7 Å². The van der Waals surface area contributed by atoms with Crippen LogP contribution in [0.1, 0.15) is 5.56 Å². The van der Waals surface area contributed by atoms with E-state index in [1.807, 2.05) is 29.6 Å². The first-order chi connectivity index (χ1) is 11.6. The Morgan fingerprint density at radius 1 is 1.33 bits per heavy atom. The first-order valence-electron chi connectivity index (χ1n) is 6.89. The molecule has 0 saturated carbocycles. The molecule has 1 amide bonds. The van der Waals surface area contributed by atoms with Gasteiger partial charge in [-0.15, -0.1) is 22.7 Å². The molecule has 0 aliphatic heterocycles. The fraction of sp³-hybridized carbons (Fsp3) is 0.125. The highest BCUT2D eigenvalue weighted by Crippen LogP contribution is 2.39. The Bertz CT molecular complexity index is 877. The smallest absolute Gasteiger partial charge is 0.230 e. The molecule has 0 bridgehead atoms. The predicted octanol–water partition coefficient (Wildman–Crippen LogP) is 5.37. The number of nitrogens with zero attached hydrogens (tertiary/aromatic N) is 1. The van der Waals surface area contributed by atoms with E-state index in [2.05, 4.69) is 10.3 Å². The largest absolute Gasteiger partial charge is 0.496 e. The van der Waals surface area contributed by atoms with Crippen molar-refractivity contribution in [1.29, 1.82) is 0 Å². The number of aromatic nitrogens is 1. The molecule has 0 unspecified atom stereocenters. The molecule has 4 nitrogen and oxygen atoms in total. The Morgan fingerprint density at radius 2 is 2.12 bits per heavy atom. The molecule has 3 rings (SSSR count). The van der Waals surface area contributed by atoms with E-state index in [1.54, 1.807) is 13.2 Å². The van der Waals surface area contributed by atoms with E-state index in [1.165, 1.54) is 22.7 Å². The van der Waals surface area contributed by atoms with Gasteiger partial charge in [-0.25, -0.2) is 4.98 Å². The zero-order valence-electron chi connectivity index (χ0n) is 12.5. The van der Waals surface area contributed by atoms with Crippen molar-refractivity contribution in [2.45, 2.75) is 6.42 Å². The number of carbonyl (C=O) groups excluding carboxylic acids is 1. The van der Waals surface area contributed by atoms with Crippen molar-refractivity contribution >= 4 is 56.9 Å². The van der Waals surface area contributed by atoms with Crippen LogP contribution in [-0.2, 0) is 11.2 Å². The van der Waals surface area contributed by atoms with Crippen LogP contribution < -0.4 is 10.1 Å². The number of hydrogen-bond acceptors (Lipinski definition) is 5. The van der Waals surface area contributed by atoms with Crippen molar-refractivity contribution < 1.29 is 9.53 Å². The van der Waals surface area contributed by atoms with Crippen molar-refractivity contribution in [3.8, 4) is 17.0 Å². The summed E-state index contributed by atoms with van der Waals surface area (Å²) in [6, 6.07) is 9.19. The highest BCUT2D eigenvalue weighted by molar-refractivity contribution is 7.20. The lowest BCUT2D eigenvalue weighted by molar-refractivity contribution is -0.115. The number of para-hydroxylation sites is 1. The van der Waals surface area contributed by atoms with Gasteiger partial charge in [0.2, 0.25) is 5.91 Å². The second-order valence-corrected chi connectivity index (χ2v) is 7.96. The number of halogens is 2. The van der Waals surface area contributed by atoms with Gasteiger partial charge in [-0.3, -0.25) is 4.79 Å². The number of ether oxygens (including phenoxy) is 1. The summed E-state index contributed by atoms with van der Waals surface area (Å²) in [5.74, 6) is 0.530. The Balaban J connectivity index is 1.70. The minimum absolute atomic E-state index is 0.158. The van der Waals surface area contributed by atoms with Crippen molar-refractivity contribution in [3.63, 3.8) is 0 Å². The molecule has 8 heteroatoms. The zero-order valence-corrected chi connectivity index (χ0v) is 15.7. The third-order valence-corrected chi connectivity index (χ3v) is 5.47. The summed E-state index contributed by atoms with van der Waals surface area (Å²) < 4.78 is 6.44. The molecular formula is C16H12Cl2N2O2S2. The molecule has 0 saturated heterocycles. The van der Waals surface area contributed by atoms with Crippen LogP contribution in [0.2, 0.25) is 8.67 Å². The molecule has 1 aromatic carbocycles. The first kappa shape index (κ1) is 17.2. The van der Waals surface area contributed by atoms with Crippen LogP contribution in [0.3, 0.4) is 0 Å². The number of hydrogen-bond donors (Lipinski definition) is 1. The summed E-state index contributed by atoms with van der Waals surface area (Å²) in [6.07, 6.45) is 0.212. The summed E-state index contributed by atoms with van der Waals surface area (Å²) >= 11 is 14.7. The molecule has 1 N–H and O–H groups in total. The number of amides is 1. The lowest BCUT2D eigenvalue weighted by Gasteiger charge is -2.07. The van der Waals surface area contributed by atoms with E-state index in [0.717, 1.165) is 11.1 Å². The average Bonchev–Trinajstić information content (AvgIpc) is 3.13. The molecule has 0 atom stereocenters. The van der Waals surface area contributed by atoms with Crippen LogP contribution in [0.5, 0.6) is 5.75 Å². The molecule has 2 heterocycles. The van der Waals surface area contributed by atoms with E-state index < -0.39 is 0 Å². The van der Waals surface area contributed by atoms with Crippen molar-refractivity contribution in [3.05, 3.63) is 49.9 Å². The second kappa shape index (κ2) is 7.53. The van der Waals surface area contributed by atoms with Gasteiger partial charge in [-0.1, -0.05) is 41.4 Å². The lowest BCUT2D eigenvalue weighted by atomic mass is 10.1. The van der Waals surface area contributed by atoms with E-state index >= 15 is 0 Å². The van der Waals surface area contributed by atoms with Gasteiger partial charge in [0.15, 0.2) is 5.13 Å². The summed E-state index contributed by atoms with van der Waals surface area (Å²) in [4.78, 5) is 16.6. The topological polar surface area (TPSA) is 51.2 Å². The van der Waals surface area contributed by atoms with Crippen molar-refractivity contribution in [2.75, 3.05) is 12.4 Å². The van der Waals surface area contributed by atoms with E-state index in [-0.39, 0.29) is 12.3 Å². The fourth-order valence-electron chi connectivity index (χ4n) is 2.16. The van der Waals surface area contributed by atoms with Crippen molar-refractivity contribution in [2.24, 2.45) is 0 Å². The van der Waals surface area contributed by atoms with Crippen LogP contribution in [-0.4, -0.2) is 18.0 Å². The monoisotopic (exact) mass is 398 g/mol. The van der Waals surface area contributed by atoms with Crippen LogP contribution in [0.25, 0.3) is 11.3 Å². The standard InChI is InChI=1S/C16H12Cl2N2O2S2/c1-22-12-5-3-2-4-9(12)6-14(21)20-16-19-11(8-23-16)10-7-13(17)24-15(10)18/h2-5,7-8H,6H2,1H3,(H,19,20,21). The molecule has 3 aromatic rings. The maximum absolute atomic E-state index is 12.2. The Kier molecular flexibility index (Phi) is 5.40. The van der Waals surface area contributed by atoms with E-state index in [4.69, 9.17) is 27.9 Å². The number of nitrogens with one attached hydrogen (secondary N) is 1. The van der Waals surface area contributed by atoms with Crippen LogP contribution >= 0.6 is 45.9 Å². The first-order valence-corrected chi connectivity index (χ1v) is 9.34. The molecule has 0 aliphatic carbocycles. The predicted molar refractivity (Wildman–Crippen MR) is 101 cm³/mol. The van der Waals surface area contributed by atoms with E-state index in [0.29, 0.717) is 25.2 Å². The summed E-state index contributed by atoms with van der Waals surface area (Å²) in [7, 11) is 1.58. The molecule has 124 valence electrons. The Labute approximate surface area is 157 Å². The molecule has 0 radical (unpaired) electrons.